The number of unbranched alkanes of at least 4 members (excludes halogenated alkanes) is 1. The van der Waals surface area contributed by atoms with E-state index in [0.29, 0.717) is 0 Å². The van der Waals surface area contributed by atoms with E-state index in [9.17, 15) is 0 Å². The summed E-state index contributed by atoms with van der Waals surface area (Å²) in [5.41, 5.74) is 0.948. The van der Waals surface area contributed by atoms with E-state index in [0.717, 1.165) is 18.6 Å². The Balaban J connectivity index is 3.64. The van der Waals surface area contributed by atoms with E-state index < -0.39 is 0 Å². The Morgan fingerprint density at radius 2 is 2.00 bits per heavy atom. The normalized spacial score (nSPS) is 11.6. The van der Waals surface area contributed by atoms with E-state index in [-0.39, 0.29) is 5.60 Å². The third-order valence-corrected chi connectivity index (χ3v) is 1.99. The molecule has 0 aromatic heterocycles. The molecule has 1 heteroatoms. The maximum Gasteiger partial charge on any atom is 0.0830 e. The third kappa shape index (κ3) is 4.20. The van der Waals surface area contributed by atoms with Gasteiger partial charge in [-0.05, 0) is 32.8 Å². The Hall–Kier alpha value is -0.300. The second kappa shape index (κ2) is 4.55. The lowest BCUT2D eigenvalue weighted by Gasteiger charge is -2.25. The molecule has 0 aliphatic carbocycles. The fraction of sp³-hybridized carbons (Fsp3) is 0.800. The SMILES string of the molecule is C=C(C)C(C)(C)OCCCC. The molecular weight excluding hydrogens is 136 g/mol. The molecular formula is C10H20O. The van der Waals surface area contributed by atoms with Crippen LogP contribution in [0.1, 0.15) is 40.5 Å². The van der Waals surface area contributed by atoms with Crippen molar-refractivity contribution in [3.63, 3.8) is 0 Å². The second-order valence-electron chi connectivity index (χ2n) is 3.49. The van der Waals surface area contributed by atoms with Gasteiger partial charge in [-0.1, -0.05) is 19.9 Å². The molecule has 0 rings (SSSR count). The van der Waals surface area contributed by atoms with Crippen LogP contribution >= 0.6 is 0 Å². The van der Waals surface area contributed by atoms with Crippen LogP contribution in [0.25, 0.3) is 0 Å². The predicted octanol–water partition coefficient (Wildman–Crippen LogP) is 3.16. The van der Waals surface area contributed by atoms with E-state index >= 15 is 0 Å². The highest BCUT2D eigenvalue weighted by Crippen LogP contribution is 2.18. The topological polar surface area (TPSA) is 9.23 Å². The molecule has 11 heavy (non-hydrogen) atoms. The lowest BCUT2D eigenvalue weighted by Crippen LogP contribution is -2.25. The number of rotatable bonds is 5. The Morgan fingerprint density at radius 1 is 1.45 bits per heavy atom. The van der Waals surface area contributed by atoms with Crippen LogP contribution in [0.2, 0.25) is 0 Å². The van der Waals surface area contributed by atoms with Gasteiger partial charge in [0.25, 0.3) is 0 Å². The van der Waals surface area contributed by atoms with Gasteiger partial charge in [-0.25, -0.2) is 0 Å². The molecule has 1 nitrogen and oxygen atoms in total. The molecule has 0 bridgehead atoms. The summed E-state index contributed by atoms with van der Waals surface area (Å²) in [4.78, 5) is 0. The molecule has 0 aromatic rings. The first-order chi connectivity index (χ1) is 5.00. The van der Waals surface area contributed by atoms with E-state index in [1.807, 2.05) is 6.92 Å². The fourth-order valence-electron chi connectivity index (χ4n) is 0.595. The first-order valence-corrected chi connectivity index (χ1v) is 4.30. The minimum atomic E-state index is -0.144. The summed E-state index contributed by atoms with van der Waals surface area (Å²) < 4.78 is 5.63. The standard InChI is InChI=1S/C10H20O/c1-6-7-8-11-10(4,5)9(2)3/h2,6-8H2,1,3-5H3. The van der Waals surface area contributed by atoms with Gasteiger partial charge in [0.1, 0.15) is 0 Å². The fourth-order valence-corrected chi connectivity index (χ4v) is 0.595. The number of hydrogen-bond donors (Lipinski definition) is 0. The molecule has 0 saturated carbocycles. The van der Waals surface area contributed by atoms with Crippen LogP contribution in [-0.4, -0.2) is 12.2 Å². The van der Waals surface area contributed by atoms with Crippen LogP contribution in [0.5, 0.6) is 0 Å². The molecule has 0 radical (unpaired) electrons. The van der Waals surface area contributed by atoms with Gasteiger partial charge in [0.15, 0.2) is 0 Å². The first kappa shape index (κ1) is 10.7. The maximum atomic E-state index is 5.63. The summed E-state index contributed by atoms with van der Waals surface area (Å²) in [6.45, 7) is 13.0. The van der Waals surface area contributed by atoms with Gasteiger partial charge in [-0.2, -0.15) is 0 Å². The van der Waals surface area contributed by atoms with Gasteiger partial charge in [0.05, 0.1) is 5.60 Å². The lowest BCUT2D eigenvalue weighted by atomic mass is 10.0. The molecule has 0 aliphatic heterocycles. The molecule has 0 N–H and O–H groups in total. The average molecular weight is 156 g/mol. The molecule has 0 spiro atoms. The summed E-state index contributed by atoms with van der Waals surface area (Å²) in [7, 11) is 0. The van der Waals surface area contributed by atoms with Crippen molar-refractivity contribution in [3.05, 3.63) is 12.2 Å². The second-order valence-corrected chi connectivity index (χ2v) is 3.49. The Kier molecular flexibility index (Phi) is 4.43. The van der Waals surface area contributed by atoms with Gasteiger partial charge in [-0.15, -0.1) is 0 Å². The van der Waals surface area contributed by atoms with Crippen LogP contribution in [0, 0.1) is 0 Å². The summed E-state index contributed by atoms with van der Waals surface area (Å²) in [5.74, 6) is 0. The molecule has 0 atom stereocenters. The lowest BCUT2D eigenvalue weighted by molar-refractivity contribution is 0.00962. The van der Waals surface area contributed by atoms with Crippen LogP contribution in [-0.2, 0) is 4.74 Å². The van der Waals surface area contributed by atoms with Crippen molar-refractivity contribution in [2.45, 2.75) is 46.1 Å². The van der Waals surface area contributed by atoms with Crippen LogP contribution in [0.3, 0.4) is 0 Å². The van der Waals surface area contributed by atoms with Gasteiger partial charge >= 0.3 is 0 Å². The van der Waals surface area contributed by atoms with Gasteiger partial charge in [0.2, 0.25) is 0 Å². The highest BCUT2D eigenvalue weighted by molar-refractivity contribution is 5.05. The van der Waals surface area contributed by atoms with Gasteiger partial charge in [0, 0.05) is 6.61 Å². The highest BCUT2D eigenvalue weighted by atomic mass is 16.5. The van der Waals surface area contributed by atoms with Crippen molar-refractivity contribution >= 4 is 0 Å². The van der Waals surface area contributed by atoms with E-state index in [2.05, 4.69) is 27.4 Å². The van der Waals surface area contributed by atoms with Gasteiger partial charge < -0.3 is 4.74 Å². The summed E-state index contributed by atoms with van der Waals surface area (Å²) in [6, 6.07) is 0. The zero-order valence-corrected chi connectivity index (χ0v) is 8.24. The molecule has 0 unspecified atom stereocenters. The monoisotopic (exact) mass is 156 g/mol. The largest absolute Gasteiger partial charge is 0.371 e. The smallest absolute Gasteiger partial charge is 0.0830 e. The molecule has 0 aromatic carbocycles. The predicted molar refractivity (Wildman–Crippen MR) is 49.8 cm³/mol. The molecule has 0 aliphatic rings. The zero-order valence-electron chi connectivity index (χ0n) is 8.24. The van der Waals surface area contributed by atoms with Crippen molar-refractivity contribution in [3.8, 4) is 0 Å². The van der Waals surface area contributed by atoms with Crippen molar-refractivity contribution < 1.29 is 4.74 Å². The van der Waals surface area contributed by atoms with Crippen LogP contribution in [0.15, 0.2) is 12.2 Å². The van der Waals surface area contributed by atoms with E-state index in [1.165, 1.54) is 6.42 Å². The Bertz CT molecular complexity index is 125. The molecule has 0 amide bonds. The van der Waals surface area contributed by atoms with E-state index in [1.54, 1.807) is 0 Å². The zero-order chi connectivity index (χ0) is 8.91. The van der Waals surface area contributed by atoms with Crippen molar-refractivity contribution in [1.29, 1.82) is 0 Å². The number of hydrogen-bond acceptors (Lipinski definition) is 1. The minimum Gasteiger partial charge on any atom is -0.371 e. The van der Waals surface area contributed by atoms with Crippen molar-refractivity contribution in [2.24, 2.45) is 0 Å². The van der Waals surface area contributed by atoms with Crippen molar-refractivity contribution in [1.82, 2.24) is 0 Å². The maximum absolute atomic E-state index is 5.63. The highest BCUT2D eigenvalue weighted by Gasteiger charge is 2.17. The summed E-state index contributed by atoms with van der Waals surface area (Å²) >= 11 is 0. The average Bonchev–Trinajstić information content (AvgIpc) is 1.88. The first-order valence-electron chi connectivity index (χ1n) is 4.30. The van der Waals surface area contributed by atoms with Gasteiger partial charge in [-0.3, -0.25) is 0 Å². The summed E-state index contributed by atoms with van der Waals surface area (Å²) in [5, 5.41) is 0. The van der Waals surface area contributed by atoms with Crippen LogP contribution in [0.4, 0.5) is 0 Å². The molecule has 0 saturated heterocycles. The summed E-state index contributed by atoms with van der Waals surface area (Å²) in [6.07, 6.45) is 2.32. The minimum absolute atomic E-state index is 0.144. The quantitative estimate of drug-likeness (QED) is 0.439. The van der Waals surface area contributed by atoms with Crippen LogP contribution < -0.4 is 0 Å². The van der Waals surface area contributed by atoms with Crippen molar-refractivity contribution in [2.75, 3.05) is 6.61 Å². The molecule has 0 fully saturated rings. The molecule has 66 valence electrons. The third-order valence-electron chi connectivity index (χ3n) is 1.99. The Labute approximate surface area is 70.4 Å². The number of ether oxygens (including phenoxy) is 1. The molecule has 0 heterocycles. The Morgan fingerprint density at radius 3 is 2.36 bits per heavy atom. The van der Waals surface area contributed by atoms with E-state index in [4.69, 9.17) is 4.74 Å².